The lowest BCUT2D eigenvalue weighted by Crippen LogP contribution is -2.28. The van der Waals surface area contributed by atoms with E-state index in [1.165, 1.54) is 0 Å². The summed E-state index contributed by atoms with van der Waals surface area (Å²) < 4.78 is 10.5. The van der Waals surface area contributed by atoms with E-state index in [-0.39, 0.29) is 12.6 Å². The van der Waals surface area contributed by atoms with Crippen molar-refractivity contribution in [2.75, 3.05) is 34.0 Å². The van der Waals surface area contributed by atoms with Crippen LogP contribution in [-0.4, -0.2) is 39.1 Å². The van der Waals surface area contributed by atoms with Gasteiger partial charge >= 0.3 is 0 Å². The summed E-state index contributed by atoms with van der Waals surface area (Å²) in [6, 6.07) is 11.9. The Bertz CT molecular complexity index is 556. The Morgan fingerprint density at radius 2 is 1.95 bits per heavy atom. The van der Waals surface area contributed by atoms with E-state index in [1.807, 2.05) is 30.3 Å². The predicted molar refractivity (Wildman–Crippen MR) is 80.2 cm³/mol. The van der Waals surface area contributed by atoms with Gasteiger partial charge in [0, 0.05) is 19.2 Å². The number of aliphatic hydroxyl groups is 1. The summed E-state index contributed by atoms with van der Waals surface area (Å²) in [5, 5.41) is 15.2. The summed E-state index contributed by atoms with van der Waals surface area (Å²) in [7, 11) is 3.31. The van der Waals surface area contributed by atoms with Crippen LogP contribution in [0.2, 0.25) is 0 Å². The van der Waals surface area contributed by atoms with Crippen LogP contribution in [0, 0.1) is 0 Å². The molecule has 0 saturated heterocycles. The largest absolute Gasteiger partial charge is 0.496 e. The molecule has 2 aromatic rings. The first-order valence-corrected chi connectivity index (χ1v) is 6.70. The van der Waals surface area contributed by atoms with Crippen LogP contribution in [0.4, 0.5) is 0 Å². The van der Waals surface area contributed by atoms with Crippen LogP contribution < -0.4 is 10.1 Å². The Kier molecular flexibility index (Phi) is 5.35. The summed E-state index contributed by atoms with van der Waals surface area (Å²) in [6.45, 7) is 1.28. The number of fused-ring (bicyclic) bond motifs is 1. The molecule has 0 amide bonds. The molecule has 2 N–H and O–H groups in total. The second-order valence-corrected chi connectivity index (χ2v) is 4.58. The van der Waals surface area contributed by atoms with Crippen LogP contribution >= 0.6 is 0 Å². The van der Waals surface area contributed by atoms with Crippen molar-refractivity contribution < 1.29 is 14.6 Å². The maximum absolute atomic E-state index is 9.70. The van der Waals surface area contributed by atoms with Gasteiger partial charge in [0.25, 0.3) is 0 Å². The van der Waals surface area contributed by atoms with E-state index in [0.29, 0.717) is 13.2 Å². The second kappa shape index (κ2) is 7.24. The first kappa shape index (κ1) is 14.8. The number of ether oxygens (including phenoxy) is 2. The molecule has 1 atom stereocenters. The lowest BCUT2D eigenvalue weighted by atomic mass is 9.98. The molecule has 0 aliphatic heterocycles. The zero-order valence-electron chi connectivity index (χ0n) is 11.9. The Labute approximate surface area is 119 Å². The molecule has 2 rings (SSSR count). The fraction of sp³-hybridized carbons (Fsp3) is 0.375. The topological polar surface area (TPSA) is 50.7 Å². The molecule has 0 spiro atoms. The quantitative estimate of drug-likeness (QED) is 0.760. The number of nitrogens with one attached hydrogen (secondary N) is 1. The van der Waals surface area contributed by atoms with Crippen molar-refractivity contribution in [3.63, 3.8) is 0 Å². The minimum Gasteiger partial charge on any atom is -0.496 e. The van der Waals surface area contributed by atoms with Crippen molar-refractivity contribution in [2.45, 2.75) is 6.04 Å². The van der Waals surface area contributed by atoms with E-state index in [4.69, 9.17) is 9.47 Å². The van der Waals surface area contributed by atoms with Gasteiger partial charge in [-0.2, -0.15) is 0 Å². The molecule has 0 bridgehead atoms. The van der Waals surface area contributed by atoms with Crippen LogP contribution in [0.25, 0.3) is 10.8 Å². The third kappa shape index (κ3) is 3.10. The maximum Gasteiger partial charge on any atom is 0.124 e. The third-order valence-electron chi connectivity index (χ3n) is 3.38. The van der Waals surface area contributed by atoms with Gasteiger partial charge in [0.15, 0.2) is 0 Å². The fourth-order valence-corrected chi connectivity index (χ4v) is 2.41. The average molecular weight is 275 g/mol. The smallest absolute Gasteiger partial charge is 0.124 e. The molecular formula is C16H21NO3. The molecule has 0 radical (unpaired) electrons. The van der Waals surface area contributed by atoms with Crippen molar-refractivity contribution in [3.8, 4) is 5.75 Å². The highest BCUT2D eigenvalue weighted by atomic mass is 16.5. The molecule has 0 fully saturated rings. The molecule has 108 valence electrons. The molecule has 4 nitrogen and oxygen atoms in total. The van der Waals surface area contributed by atoms with E-state index in [2.05, 4.69) is 11.4 Å². The fourth-order valence-electron chi connectivity index (χ4n) is 2.41. The number of aliphatic hydroxyl groups excluding tert-OH is 1. The lowest BCUT2D eigenvalue weighted by molar-refractivity contribution is 0.183. The third-order valence-corrected chi connectivity index (χ3v) is 3.38. The van der Waals surface area contributed by atoms with Gasteiger partial charge in [-0.3, -0.25) is 0 Å². The average Bonchev–Trinajstić information content (AvgIpc) is 2.51. The molecule has 0 aliphatic carbocycles. The first-order valence-electron chi connectivity index (χ1n) is 6.70. The van der Waals surface area contributed by atoms with Crippen molar-refractivity contribution >= 4 is 10.8 Å². The Balaban J connectivity index is 2.42. The first-order chi connectivity index (χ1) is 9.81. The predicted octanol–water partition coefficient (Wildman–Crippen LogP) is 2.12. The van der Waals surface area contributed by atoms with Gasteiger partial charge in [0.05, 0.1) is 26.4 Å². The van der Waals surface area contributed by atoms with Crippen LogP contribution in [-0.2, 0) is 4.74 Å². The molecule has 2 aromatic carbocycles. The molecule has 0 heterocycles. The summed E-state index contributed by atoms with van der Waals surface area (Å²) in [5.41, 5.74) is 0.990. The number of benzene rings is 2. The molecule has 4 heteroatoms. The normalized spacial score (nSPS) is 12.6. The Morgan fingerprint density at radius 1 is 1.15 bits per heavy atom. The standard InChI is InChI=1S/C16H21NO3/c1-19-10-9-17-14(11-18)16-13-6-4-3-5-12(13)7-8-15(16)20-2/h3-8,14,17-18H,9-11H2,1-2H3. The van der Waals surface area contributed by atoms with E-state index < -0.39 is 0 Å². The highest BCUT2D eigenvalue weighted by Crippen LogP contribution is 2.32. The number of hydrogen-bond donors (Lipinski definition) is 2. The number of methoxy groups -OCH3 is 2. The van der Waals surface area contributed by atoms with Gasteiger partial charge in [-0.05, 0) is 16.8 Å². The monoisotopic (exact) mass is 275 g/mol. The highest BCUT2D eigenvalue weighted by Gasteiger charge is 2.17. The number of rotatable bonds is 7. The van der Waals surface area contributed by atoms with Crippen LogP contribution in [0.3, 0.4) is 0 Å². The van der Waals surface area contributed by atoms with Gasteiger partial charge in [0.2, 0.25) is 0 Å². The van der Waals surface area contributed by atoms with Crippen molar-refractivity contribution in [1.29, 1.82) is 0 Å². The minimum absolute atomic E-state index is 0.00802. The summed E-state index contributed by atoms with van der Waals surface area (Å²) in [6.07, 6.45) is 0. The zero-order chi connectivity index (χ0) is 14.4. The Hall–Kier alpha value is -1.62. The molecule has 20 heavy (non-hydrogen) atoms. The zero-order valence-corrected chi connectivity index (χ0v) is 11.9. The van der Waals surface area contributed by atoms with Gasteiger partial charge in [-0.15, -0.1) is 0 Å². The van der Waals surface area contributed by atoms with Crippen molar-refractivity contribution in [2.24, 2.45) is 0 Å². The second-order valence-electron chi connectivity index (χ2n) is 4.58. The molecule has 1 unspecified atom stereocenters. The molecule has 0 aliphatic rings. The van der Waals surface area contributed by atoms with Crippen LogP contribution in [0.5, 0.6) is 5.75 Å². The highest BCUT2D eigenvalue weighted by molar-refractivity contribution is 5.88. The minimum atomic E-state index is -0.175. The van der Waals surface area contributed by atoms with Crippen LogP contribution in [0.15, 0.2) is 36.4 Å². The molecule has 0 aromatic heterocycles. The SMILES string of the molecule is COCCNC(CO)c1c(OC)ccc2ccccc12. The van der Waals surface area contributed by atoms with Crippen molar-refractivity contribution in [1.82, 2.24) is 5.32 Å². The van der Waals surface area contributed by atoms with Crippen molar-refractivity contribution in [3.05, 3.63) is 42.0 Å². The summed E-state index contributed by atoms with van der Waals surface area (Å²) in [4.78, 5) is 0. The van der Waals surface area contributed by atoms with Crippen LogP contribution in [0.1, 0.15) is 11.6 Å². The Morgan fingerprint density at radius 3 is 2.65 bits per heavy atom. The van der Waals surface area contributed by atoms with E-state index in [9.17, 15) is 5.11 Å². The van der Waals surface area contributed by atoms with Gasteiger partial charge in [0.1, 0.15) is 5.75 Å². The van der Waals surface area contributed by atoms with E-state index in [1.54, 1.807) is 14.2 Å². The lowest BCUT2D eigenvalue weighted by Gasteiger charge is -2.21. The molecule has 0 saturated carbocycles. The van der Waals surface area contributed by atoms with Gasteiger partial charge in [-0.25, -0.2) is 0 Å². The molecular weight excluding hydrogens is 254 g/mol. The summed E-state index contributed by atoms with van der Waals surface area (Å²) >= 11 is 0. The maximum atomic E-state index is 9.70. The number of hydrogen-bond acceptors (Lipinski definition) is 4. The van der Waals surface area contributed by atoms with E-state index >= 15 is 0 Å². The van der Waals surface area contributed by atoms with E-state index in [0.717, 1.165) is 22.1 Å². The van der Waals surface area contributed by atoms with Gasteiger partial charge in [-0.1, -0.05) is 30.3 Å². The summed E-state index contributed by atoms with van der Waals surface area (Å²) in [5.74, 6) is 0.785. The van der Waals surface area contributed by atoms with Gasteiger partial charge < -0.3 is 19.9 Å².